The molecule has 0 spiro atoms. The van der Waals surface area contributed by atoms with E-state index in [4.69, 9.17) is 4.43 Å². The van der Waals surface area contributed by atoms with Crippen LogP contribution in [0.4, 0.5) is 0 Å². The molecule has 128 valence electrons. The van der Waals surface area contributed by atoms with Gasteiger partial charge < -0.3 is 9.53 Å². The number of aliphatic hydroxyl groups is 1. The Morgan fingerprint density at radius 1 is 1.22 bits per heavy atom. The Labute approximate surface area is 142 Å². The molecule has 4 heteroatoms. The Morgan fingerprint density at radius 2 is 1.87 bits per heavy atom. The van der Waals surface area contributed by atoms with Crippen molar-refractivity contribution in [1.82, 2.24) is 4.90 Å². The van der Waals surface area contributed by atoms with Gasteiger partial charge in [-0.2, -0.15) is 0 Å². The Hall–Kier alpha value is -0.943. The molecule has 1 heterocycles. The summed E-state index contributed by atoms with van der Waals surface area (Å²) in [6.45, 7) is 13.6. The van der Waals surface area contributed by atoms with Crippen molar-refractivity contribution in [3.8, 4) is 0 Å². The maximum Gasteiger partial charge on any atom is 0.192 e. The maximum absolute atomic E-state index is 10.4. The first-order chi connectivity index (χ1) is 10.7. The second-order valence-corrected chi connectivity index (χ2v) is 12.8. The van der Waals surface area contributed by atoms with Crippen molar-refractivity contribution < 1.29 is 9.53 Å². The lowest BCUT2D eigenvalue weighted by molar-refractivity contribution is 0.0364. The van der Waals surface area contributed by atoms with Crippen LogP contribution in [0, 0.1) is 0 Å². The first-order valence-corrected chi connectivity index (χ1v) is 11.4. The Morgan fingerprint density at radius 3 is 2.48 bits per heavy atom. The van der Waals surface area contributed by atoms with Crippen molar-refractivity contribution >= 4 is 8.32 Å². The average molecular weight is 334 g/mol. The van der Waals surface area contributed by atoms with Crippen molar-refractivity contribution in [3.05, 3.63) is 48.0 Å². The summed E-state index contributed by atoms with van der Waals surface area (Å²) in [5, 5.41) is 10.6. The summed E-state index contributed by atoms with van der Waals surface area (Å²) in [6.07, 6.45) is 3.50. The molecule has 0 aliphatic carbocycles. The molecule has 1 aliphatic heterocycles. The molecule has 0 saturated carbocycles. The second kappa shape index (κ2) is 7.30. The fourth-order valence-corrected chi connectivity index (χ4v) is 3.55. The van der Waals surface area contributed by atoms with Gasteiger partial charge >= 0.3 is 0 Å². The van der Waals surface area contributed by atoms with Crippen LogP contribution in [0.5, 0.6) is 0 Å². The summed E-state index contributed by atoms with van der Waals surface area (Å²) < 4.78 is 6.38. The lowest BCUT2D eigenvalue weighted by atomic mass is 10.0. The summed E-state index contributed by atoms with van der Waals surface area (Å²) in [4.78, 5) is 2.31. The van der Waals surface area contributed by atoms with E-state index in [1.807, 2.05) is 12.1 Å². The molecule has 0 bridgehead atoms. The highest BCUT2D eigenvalue weighted by molar-refractivity contribution is 6.74. The maximum atomic E-state index is 10.4. The summed E-state index contributed by atoms with van der Waals surface area (Å²) >= 11 is 0. The number of hydrogen-bond acceptors (Lipinski definition) is 3. The first kappa shape index (κ1) is 18.4. The second-order valence-electron chi connectivity index (χ2n) is 7.97. The van der Waals surface area contributed by atoms with Gasteiger partial charge in [0, 0.05) is 13.1 Å². The van der Waals surface area contributed by atoms with Gasteiger partial charge in [0.05, 0.1) is 18.8 Å². The van der Waals surface area contributed by atoms with Crippen LogP contribution in [0.1, 0.15) is 26.3 Å². The molecular weight excluding hydrogens is 302 g/mol. The third-order valence-electron chi connectivity index (χ3n) is 5.19. The molecule has 23 heavy (non-hydrogen) atoms. The zero-order valence-electron chi connectivity index (χ0n) is 15.1. The van der Waals surface area contributed by atoms with Crippen LogP contribution >= 0.6 is 0 Å². The Bertz CT molecular complexity index is 522. The van der Waals surface area contributed by atoms with Gasteiger partial charge in [-0.15, -0.1) is 0 Å². The Kier molecular flexibility index (Phi) is 5.84. The molecule has 2 atom stereocenters. The molecule has 0 saturated heterocycles. The predicted molar refractivity (Wildman–Crippen MR) is 98.9 cm³/mol. The van der Waals surface area contributed by atoms with Gasteiger partial charge in [-0.3, -0.25) is 4.90 Å². The van der Waals surface area contributed by atoms with E-state index in [9.17, 15) is 5.11 Å². The first-order valence-electron chi connectivity index (χ1n) is 8.47. The predicted octanol–water partition coefficient (Wildman–Crippen LogP) is 3.81. The molecule has 0 aromatic heterocycles. The highest BCUT2D eigenvalue weighted by Crippen LogP contribution is 2.37. The van der Waals surface area contributed by atoms with Crippen LogP contribution in [0.15, 0.2) is 42.5 Å². The smallest absolute Gasteiger partial charge is 0.192 e. The zero-order valence-corrected chi connectivity index (χ0v) is 16.1. The van der Waals surface area contributed by atoms with E-state index in [-0.39, 0.29) is 11.1 Å². The van der Waals surface area contributed by atoms with E-state index in [0.717, 1.165) is 13.1 Å². The quantitative estimate of drug-likeness (QED) is 0.657. The Balaban J connectivity index is 2.05. The molecular formula is C19H31NO2Si. The number of rotatable bonds is 5. The van der Waals surface area contributed by atoms with E-state index < -0.39 is 14.4 Å². The third-order valence-corrected chi connectivity index (χ3v) is 9.69. The van der Waals surface area contributed by atoms with Crippen LogP contribution in [-0.4, -0.2) is 43.6 Å². The van der Waals surface area contributed by atoms with Gasteiger partial charge in [-0.1, -0.05) is 63.3 Å². The van der Waals surface area contributed by atoms with Crippen molar-refractivity contribution in [2.24, 2.45) is 0 Å². The molecule has 1 aromatic carbocycles. The van der Waals surface area contributed by atoms with Crippen LogP contribution in [0.25, 0.3) is 0 Å². The normalized spacial score (nSPS) is 23.2. The molecule has 1 aromatic rings. The van der Waals surface area contributed by atoms with Gasteiger partial charge in [-0.25, -0.2) is 0 Å². The van der Waals surface area contributed by atoms with Crippen molar-refractivity contribution in [3.63, 3.8) is 0 Å². The van der Waals surface area contributed by atoms with Crippen molar-refractivity contribution in [1.29, 1.82) is 0 Å². The number of aliphatic hydroxyl groups excluding tert-OH is 1. The SMILES string of the molecule is CC(C)(C)[Si](C)(C)OC[C@@H]1[C@H](O)C=CCN1Cc1ccccc1. The summed E-state index contributed by atoms with van der Waals surface area (Å²) in [6, 6.07) is 10.5. The molecule has 1 aliphatic rings. The fourth-order valence-electron chi connectivity index (χ4n) is 2.53. The number of benzene rings is 1. The summed E-state index contributed by atoms with van der Waals surface area (Å²) in [7, 11) is -1.80. The lowest BCUT2D eigenvalue weighted by Crippen LogP contribution is -2.51. The molecule has 3 nitrogen and oxygen atoms in total. The van der Waals surface area contributed by atoms with E-state index in [0.29, 0.717) is 6.61 Å². The van der Waals surface area contributed by atoms with Crippen LogP contribution in [0.2, 0.25) is 18.1 Å². The summed E-state index contributed by atoms with van der Waals surface area (Å²) in [5.41, 5.74) is 1.27. The molecule has 0 amide bonds. The average Bonchev–Trinajstić information content (AvgIpc) is 2.46. The minimum atomic E-state index is -1.80. The van der Waals surface area contributed by atoms with Crippen molar-refractivity contribution in [2.45, 2.75) is 57.6 Å². The van der Waals surface area contributed by atoms with Crippen LogP contribution < -0.4 is 0 Å². The largest absolute Gasteiger partial charge is 0.415 e. The highest BCUT2D eigenvalue weighted by atomic mass is 28.4. The van der Waals surface area contributed by atoms with Crippen LogP contribution in [-0.2, 0) is 11.0 Å². The number of hydrogen-bond donors (Lipinski definition) is 1. The minimum absolute atomic E-state index is 0.0225. The lowest BCUT2D eigenvalue weighted by Gasteiger charge is -2.41. The zero-order chi connectivity index (χ0) is 17.1. The van der Waals surface area contributed by atoms with E-state index >= 15 is 0 Å². The standard InChI is InChI=1S/C19H31NO2Si/c1-19(2,3)23(4,5)22-15-17-18(21)12-9-13-20(17)14-16-10-7-6-8-11-16/h6-12,17-18,21H,13-15H2,1-5H3/t17-,18-/m1/s1. The summed E-state index contributed by atoms with van der Waals surface area (Å²) in [5.74, 6) is 0. The molecule has 0 radical (unpaired) electrons. The fraction of sp³-hybridized carbons (Fsp3) is 0.579. The van der Waals surface area contributed by atoms with Gasteiger partial charge in [0.2, 0.25) is 0 Å². The van der Waals surface area contributed by atoms with E-state index in [2.05, 4.69) is 69.1 Å². The molecule has 0 unspecified atom stereocenters. The highest BCUT2D eigenvalue weighted by Gasteiger charge is 2.39. The third kappa shape index (κ3) is 4.77. The van der Waals surface area contributed by atoms with Gasteiger partial charge in [-0.05, 0) is 23.7 Å². The topological polar surface area (TPSA) is 32.7 Å². The van der Waals surface area contributed by atoms with Crippen LogP contribution in [0.3, 0.4) is 0 Å². The monoisotopic (exact) mass is 333 g/mol. The molecule has 2 rings (SSSR count). The van der Waals surface area contributed by atoms with Crippen molar-refractivity contribution in [2.75, 3.05) is 13.2 Å². The minimum Gasteiger partial charge on any atom is -0.415 e. The number of nitrogens with zero attached hydrogens (tertiary/aromatic N) is 1. The molecule has 1 N–H and O–H groups in total. The van der Waals surface area contributed by atoms with E-state index in [1.165, 1.54) is 5.56 Å². The van der Waals surface area contributed by atoms with Gasteiger partial charge in [0.1, 0.15) is 0 Å². The molecule has 0 fully saturated rings. The van der Waals surface area contributed by atoms with Gasteiger partial charge in [0.15, 0.2) is 8.32 Å². The van der Waals surface area contributed by atoms with E-state index in [1.54, 1.807) is 0 Å². The van der Waals surface area contributed by atoms with Gasteiger partial charge in [0.25, 0.3) is 0 Å².